The van der Waals surface area contributed by atoms with Crippen molar-refractivity contribution in [3.8, 4) is 17.2 Å². The number of ether oxygens (including phenoxy) is 2. The van der Waals surface area contributed by atoms with E-state index in [-0.39, 0.29) is 24.6 Å². The smallest absolute Gasteiger partial charge is 0.387 e. The summed E-state index contributed by atoms with van der Waals surface area (Å²) in [5.41, 5.74) is 8.64. The summed E-state index contributed by atoms with van der Waals surface area (Å²) in [6.07, 6.45) is 0.0907. The Bertz CT molecular complexity index is 1090. The average Bonchev–Trinajstić information content (AvgIpc) is 3.00. The van der Waals surface area contributed by atoms with Crippen molar-refractivity contribution in [2.24, 2.45) is 5.73 Å². The van der Waals surface area contributed by atoms with Crippen LogP contribution in [0.4, 0.5) is 8.78 Å². The van der Waals surface area contributed by atoms with Crippen LogP contribution in [0.3, 0.4) is 0 Å². The standard InChI is InChI=1S/C23H22F2N2O4/c1-14-10-20(15(2)27(14)17-6-8-18(9-7-17)31-23(24)25)21(28)13-30-19-5-3-4-16(11-19)12-22(26)29/h3-11,23H,12-13H2,1-2H3,(H2,26,29). The molecule has 1 amide bonds. The quantitative estimate of drug-likeness (QED) is 0.523. The van der Waals surface area contributed by atoms with Gasteiger partial charge in [-0.25, -0.2) is 0 Å². The minimum Gasteiger partial charge on any atom is -0.485 e. The third-order valence-corrected chi connectivity index (χ3v) is 4.70. The molecule has 0 aliphatic rings. The third-order valence-electron chi connectivity index (χ3n) is 4.70. The molecule has 1 aromatic heterocycles. The van der Waals surface area contributed by atoms with E-state index < -0.39 is 12.5 Å². The lowest BCUT2D eigenvalue weighted by Crippen LogP contribution is -2.14. The Balaban J connectivity index is 1.74. The number of benzene rings is 2. The molecule has 3 aromatic rings. The van der Waals surface area contributed by atoms with E-state index in [1.54, 1.807) is 49.4 Å². The second kappa shape index (κ2) is 9.42. The molecular formula is C23H22F2N2O4. The van der Waals surface area contributed by atoms with Crippen LogP contribution in [0.15, 0.2) is 54.6 Å². The fourth-order valence-corrected chi connectivity index (χ4v) is 3.39. The van der Waals surface area contributed by atoms with E-state index in [9.17, 15) is 18.4 Å². The van der Waals surface area contributed by atoms with Gasteiger partial charge < -0.3 is 19.8 Å². The molecule has 0 saturated carbocycles. The Kier molecular flexibility index (Phi) is 6.69. The van der Waals surface area contributed by atoms with Gasteiger partial charge in [0.25, 0.3) is 0 Å². The molecule has 0 saturated heterocycles. The van der Waals surface area contributed by atoms with Gasteiger partial charge in [0.05, 0.1) is 6.42 Å². The normalized spacial score (nSPS) is 10.9. The molecule has 3 rings (SSSR count). The molecule has 2 aromatic carbocycles. The molecule has 1 heterocycles. The number of hydrogen-bond acceptors (Lipinski definition) is 4. The lowest BCUT2D eigenvalue weighted by Gasteiger charge is -2.11. The number of halogens is 2. The molecule has 31 heavy (non-hydrogen) atoms. The Labute approximate surface area is 178 Å². The first-order valence-corrected chi connectivity index (χ1v) is 9.52. The number of Topliss-reactive ketones (excluding diaryl/α,β-unsaturated/α-hetero) is 1. The first kappa shape index (κ1) is 22.0. The molecule has 0 unspecified atom stereocenters. The number of aryl methyl sites for hydroxylation is 1. The summed E-state index contributed by atoms with van der Waals surface area (Å²) in [5, 5.41) is 0. The molecule has 8 heteroatoms. The first-order chi connectivity index (χ1) is 14.7. The Morgan fingerprint density at radius 3 is 2.39 bits per heavy atom. The molecule has 0 spiro atoms. The fourth-order valence-electron chi connectivity index (χ4n) is 3.39. The third kappa shape index (κ3) is 5.48. The van der Waals surface area contributed by atoms with Crippen molar-refractivity contribution in [3.05, 3.63) is 77.1 Å². The van der Waals surface area contributed by atoms with Crippen LogP contribution in [0.25, 0.3) is 5.69 Å². The molecule has 0 aliphatic heterocycles. The maximum atomic E-state index is 12.8. The lowest BCUT2D eigenvalue weighted by atomic mass is 10.1. The van der Waals surface area contributed by atoms with Gasteiger partial charge in [-0.05, 0) is 61.9 Å². The summed E-state index contributed by atoms with van der Waals surface area (Å²) >= 11 is 0. The molecule has 0 atom stereocenters. The number of alkyl halides is 2. The molecule has 0 aliphatic carbocycles. The molecule has 0 radical (unpaired) electrons. The fraction of sp³-hybridized carbons (Fsp3) is 0.217. The van der Waals surface area contributed by atoms with Gasteiger partial charge in [0.15, 0.2) is 6.61 Å². The van der Waals surface area contributed by atoms with E-state index in [2.05, 4.69) is 4.74 Å². The summed E-state index contributed by atoms with van der Waals surface area (Å²) in [7, 11) is 0. The number of amides is 1. The molecular weight excluding hydrogens is 406 g/mol. The van der Waals surface area contributed by atoms with E-state index in [0.29, 0.717) is 22.6 Å². The van der Waals surface area contributed by atoms with Crippen LogP contribution in [0, 0.1) is 13.8 Å². The lowest BCUT2D eigenvalue weighted by molar-refractivity contribution is -0.117. The largest absolute Gasteiger partial charge is 0.485 e. The van der Waals surface area contributed by atoms with Gasteiger partial charge in [-0.1, -0.05) is 12.1 Å². The Morgan fingerprint density at radius 1 is 1.03 bits per heavy atom. The van der Waals surface area contributed by atoms with Crippen LogP contribution in [-0.2, 0) is 11.2 Å². The van der Waals surface area contributed by atoms with Crippen molar-refractivity contribution in [2.45, 2.75) is 26.9 Å². The second-order valence-electron chi connectivity index (χ2n) is 6.99. The summed E-state index contributed by atoms with van der Waals surface area (Å²) in [5.74, 6) is -0.133. The molecule has 0 fully saturated rings. The number of nitrogens with two attached hydrogens (primary N) is 1. The van der Waals surface area contributed by atoms with Crippen LogP contribution in [0.5, 0.6) is 11.5 Å². The molecule has 2 N–H and O–H groups in total. The van der Waals surface area contributed by atoms with Gasteiger partial charge in [0, 0.05) is 22.6 Å². The minimum absolute atomic E-state index is 0.0597. The topological polar surface area (TPSA) is 83.5 Å². The molecule has 0 bridgehead atoms. The van der Waals surface area contributed by atoms with Crippen molar-refractivity contribution >= 4 is 11.7 Å². The van der Waals surface area contributed by atoms with Crippen molar-refractivity contribution in [3.63, 3.8) is 0 Å². The molecule has 6 nitrogen and oxygen atoms in total. The highest BCUT2D eigenvalue weighted by molar-refractivity contribution is 5.98. The van der Waals surface area contributed by atoms with E-state index in [0.717, 1.165) is 11.4 Å². The summed E-state index contributed by atoms with van der Waals surface area (Å²) in [4.78, 5) is 23.8. The van der Waals surface area contributed by atoms with E-state index in [4.69, 9.17) is 10.5 Å². The van der Waals surface area contributed by atoms with Crippen LogP contribution in [0.1, 0.15) is 27.3 Å². The zero-order valence-electron chi connectivity index (χ0n) is 17.1. The first-order valence-electron chi connectivity index (χ1n) is 9.52. The number of aromatic nitrogens is 1. The van der Waals surface area contributed by atoms with E-state index in [1.165, 1.54) is 12.1 Å². The highest BCUT2D eigenvalue weighted by atomic mass is 19.3. The Hall–Kier alpha value is -3.68. The zero-order chi connectivity index (χ0) is 22.5. The number of carbonyl (C=O) groups is 2. The van der Waals surface area contributed by atoms with Crippen molar-refractivity contribution in [2.75, 3.05) is 6.61 Å². The second-order valence-corrected chi connectivity index (χ2v) is 6.99. The van der Waals surface area contributed by atoms with Crippen molar-refractivity contribution in [1.29, 1.82) is 0 Å². The van der Waals surface area contributed by atoms with Crippen molar-refractivity contribution < 1.29 is 27.8 Å². The van der Waals surface area contributed by atoms with Gasteiger partial charge in [-0.2, -0.15) is 8.78 Å². The molecule has 162 valence electrons. The number of carbonyl (C=O) groups excluding carboxylic acids is 2. The van der Waals surface area contributed by atoms with E-state index in [1.807, 2.05) is 11.5 Å². The van der Waals surface area contributed by atoms with E-state index >= 15 is 0 Å². The highest BCUT2D eigenvalue weighted by Crippen LogP contribution is 2.24. The number of nitrogens with zero attached hydrogens (tertiary/aromatic N) is 1. The van der Waals surface area contributed by atoms with Gasteiger partial charge in [-0.15, -0.1) is 0 Å². The van der Waals surface area contributed by atoms with Gasteiger partial charge in [-0.3, -0.25) is 9.59 Å². The number of primary amides is 1. The minimum atomic E-state index is -2.89. The highest BCUT2D eigenvalue weighted by Gasteiger charge is 2.17. The summed E-state index contributed by atoms with van der Waals surface area (Å²) < 4.78 is 36.5. The zero-order valence-corrected chi connectivity index (χ0v) is 17.1. The predicted molar refractivity (Wildman–Crippen MR) is 111 cm³/mol. The number of ketones is 1. The van der Waals surface area contributed by atoms with Crippen LogP contribution >= 0.6 is 0 Å². The van der Waals surface area contributed by atoms with Crippen LogP contribution < -0.4 is 15.2 Å². The van der Waals surface area contributed by atoms with Crippen LogP contribution in [-0.4, -0.2) is 29.5 Å². The number of hydrogen-bond donors (Lipinski definition) is 1. The SMILES string of the molecule is Cc1cc(C(=O)COc2cccc(CC(N)=O)c2)c(C)n1-c1ccc(OC(F)F)cc1. The summed E-state index contributed by atoms with van der Waals surface area (Å²) in [6, 6.07) is 14.8. The van der Waals surface area contributed by atoms with Crippen LogP contribution in [0.2, 0.25) is 0 Å². The van der Waals surface area contributed by atoms with Gasteiger partial charge in [0.2, 0.25) is 11.7 Å². The maximum Gasteiger partial charge on any atom is 0.387 e. The van der Waals surface area contributed by atoms with Crippen molar-refractivity contribution in [1.82, 2.24) is 4.57 Å². The monoisotopic (exact) mass is 428 g/mol. The predicted octanol–water partition coefficient (Wildman–Crippen LogP) is 3.99. The summed E-state index contributed by atoms with van der Waals surface area (Å²) in [6.45, 7) is 0.589. The average molecular weight is 428 g/mol. The maximum absolute atomic E-state index is 12.8. The van der Waals surface area contributed by atoms with Gasteiger partial charge in [0.1, 0.15) is 11.5 Å². The Morgan fingerprint density at radius 2 is 1.74 bits per heavy atom. The number of rotatable bonds is 9. The van der Waals surface area contributed by atoms with Gasteiger partial charge >= 0.3 is 6.61 Å².